The minimum absolute atomic E-state index is 0.0388. The molecule has 1 saturated heterocycles. The van der Waals surface area contributed by atoms with E-state index in [0.717, 1.165) is 12.1 Å². The lowest BCUT2D eigenvalue weighted by molar-refractivity contribution is -0.139. The summed E-state index contributed by atoms with van der Waals surface area (Å²) in [6, 6.07) is 6.38. The third kappa shape index (κ3) is 4.39. The first-order chi connectivity index (χ1) is 17.9. The van der Waals surface area contributed by atoms with Gasteiger partial charge in [-0.1, -0.05) is 12.6 Å². The quantitative estimate of drug-likeness (QED) is 0.402. The van der Waals surface area contributed by atoms with E-state index in [4.69, 9.17) is 9.47 Å². The van der Waals surface area contributed by atoms with Gasteiger partial charge in [0.05, 0.1) is 42.0 Å². The van der Waals surface area contributed by atoms with Gasteiger partial charge in [-0.2, -0.15) is 0 Å². The van der Waals surface area contributed by atoms with Gasteiger partial charge < -0.3 is 30.0 Å². The highest BCUT2D eigenvalue weighted by molar-refractivity contribution is 6.06. The van der Waals surface area contributed by atoms with E-state index in [0.29, 0.717) is 46.9 Å². The van der Waals surface area contributed by atoms with Crippen LogP contribution in [0.25, 0.3) is 11.3 Å². The number of anilines is 2. The fourth-order valence-corrected chi connectivity index (χ4v) is 5.04. The largest absolute Gasteiger partial charge is 0.492 e. The number of aromatic amines is 1. The van der Waals surface area contributed by atoms with E-state index >= 15 is 0 Å². The number of nitrogens with one attached hydrogen (secondary N) is 3. The molecule has 2 aliphatic heterocycles. The third-order valence-corrected chi connectivity index (χ3v) is 6.79. The number of hydrogen-bond donors (Lipinski definition) is 3. The molecule has 37 heavy (non-hydrogen) atoms. The number of likely N-dealkylation sites (tertiary alicyclic amines) is 1. The first kappa shape index (κ1) is 24.4. The number of carbonyl (C=O) groups excluding carboxylic acids is 2. The number of methoxy groups -OCH3 is 1. The van der Waals surface area contributed by atoms with E-state index in [2.05, 4.69) is 27.2 Å². The number of nitrogens with zero attached hydrogens (tertiary/aromatic N) is 2. The zero-order valence-electron chi connectivity index (χ0n) is 20.6. The monoisotopic (exact) mass is 505 g/mol. The van der Waals surface area contributed by atoms with Crippen LogP contribution in [0.1, 0.15) is 29.4 Å². The van der Waals surface area contributed by atoms with E-state index in [1.807, 2.05) is 6.92 Å². The van der Waals surface area contributed by atoms with Gasteiger partial charge in [0.1, 0.15) is 12.4 Å². The highest BCUT2D eigenvalue weighted by Crippen LogP contribution is 2.42. The van der Waals surface area contributed by atoms with Crippen LogP contribution < -0.4 is 20.1 Å². The van der Waals surface area contributed by atoms with Crippen molar-refractivity contribution in [1.82, 2.24) is 20.2 Å². The zero-order valence-corrected chi connectivity index (χ0v) is 20.6. The molecule has 2 amide bonds. The molecule has 0 radical (unpaired) electrons. The second kappa shape index (κ2) is 9.96. The van der Waals surface area contributed by atoms with Crippen LogP contribution in [0.5, 0.6) is 11.5 Å². The number of amides is 2. The Balaban J connectivity index is 1.52. The number of aromatic nitrogens is 2. The predicted molar refractivity (Wildman–Crippen MR) is 137 cm³/mol. The first-order valence-electron chi connectivity index (χ1n) is 12.1. The SMILES string of the molecule is C=CC(=O)N1[C@@H](COc2cnccc2-c2[nH]c3c(c2Nc2cccc(F)c2OC)C(=O)NCC3)C[C@@H]1C. The van der Waals surface area contributed by atoms with Crippen LogP contribution in [0.2, 0.25) is 0 Å². The number of H-pyrrole nitrogens is 1. The molecule has 2 aliphatic rings. The molecular formula is C27H28FN5O4. The standard InChI is InChI=1S/C27H28FN5O4/c1-4-22(34)33-15(2)12-16(33)14-37-21-13-29-10-8-17(21)24-25(23-19(31-24)9-11-30-27(23)35)32-20-7-5-6-18(28)26(20)36-3/h4-8,10,13,15-16,31-32H,1,9,11-12,14H2,2-3H3,(H,30,35)/t15-,16+/m0/s1. The molecule has 2 atom stereocenters. The number of fused-ring (bicyclic) bond motifs is 1. The fraction of sp³-hybridized carbons (Fsp3) is 0.296. The molecule has 1 fully saturated rings. The van der Waals surface area contributed by atoms with Gasteiger partial charge in [-0.3, -0.25) is 14.6 Å². The summed E-state index contributed by atoms with van der Waals surface area (Å²) in [6.45, 7) is 6.36. The van der Waals surface area contributed by atoms with Crippen LogP contribution in [-0.4, -0.2) is 59.0 Å². The molecule has 0 bridgehead atoms. The maximum Gasteiger partial charge on any atom is 0.255 e. The normalized spacial score (nSPS) is 18.4. The molecular weight excluding hydrogens is 477 g/mol. The van der Waals surface area contributed by atoms with Gasteiger partial charge in [0.15, 0.2) is 11.6 Å². The van der Waals surface area contributed by atoms with E-state index in [1.54, 1.807) is 35.5 Å². The Hall–Kier alpha value is -4.34. The molecule has 1 aromatic carbocycles. The van der Waals surface area contributed by atoms with Crippen molar-refractivity contribution in [3.05, 3.63) is 66.4 Å². The summed E-state index contributed by atoms with van der Waals surface area (Å²) in [5, 5.41) is 6.09. The second-order valence-corrected chi connectivity index (χ2v) is 9.05. The van der Waals surface area contributed by atoms with Crippen LogP contribution in [0.4, 0.5) is 15.8 Å². The highest BCUT2D eigenvalue weighted by atomic mass is 19.1. The van der Waals surface area contributed by atoms with Crippen molar-refractivity contribution >= 4 is 23.2 Å². The molecule has 0 spiro atoms. The van der Waals surface area contributed by atoms with Crippen LogP contribution in [0, 0.1) is 5.82 Å². The van der Waals surface area contributed by atoms with Crippen LogP contribution in [-0.2, 0) is 11.2 Å². The third-order valence-electron chi connectivity index (χ3n) is 6.79. The number of ether oxygens (including phenoxy) is 2. The lowest BCUT2D eigenvalue weighted by atomic mass is 9.94. The Morgan fingerprint density at radius 3 is 2.97 bits per heavy atom. The first-order valence-corrected chi connectivity index (χ1v) is 12.1. The average molecular weight is 506 g/mol. The number of halogens is 1. The van der Waals surface area contributed by atoms with Crippen LogP contribution >= 0.6 is 0 Å². The number of benzene rings is 1. The number of para-hydroxylation sites is 1. The van der Waals surface area contributed by atoms with Gasteiger partial charge in [-0.25, -0.2) is 4.39 Å². The minimum Gasteiger partial charge on any atom is -0.492 e. The van der Waals surface area contributed by atoms with Gasteiger partial charge >= 0.3 is 0 Å². The lowest BCUT2D eigenvalue weighted by Gasteiger charge is -2.46. The maximum atomic E-state index is 14.4. The van der Waals surface area contributed by atoms with Crippen molar-refractivity contribution in [3.63, 3.8) is 0 Å². The maximum absolute atomic E-state index is 14.4. The Bertz CT molecular complexity index is 1370. The molecule has 3 N–H and O–H groups in total. The van der Waals surface area contributed by atoms with Crippen molar-refractivity contribution in [2.45, 2.75) is 31.8 Å². The number of hydrogen-bond acceptors (Lipinski definition) is 6. The van der Waals surface area contributed by atoms with Crippen molar-refractivity contribution in [2.24, 2.45) is 0 Å². The Morgan fingerprint density at radius 1 is 1.38 bits per heavy atom. The summed E-state index contributed by atoms with van der Waals surface area (Å²) >= 11 is 0. The number of rotatable bonds is 8. The predicted octanol–water partition coefficient (Wildman–Crippen LogP) is 3.81. The van der Waals surface area contributed by atoms with Gasteiger partial charge in [0.2, 0.25) is 5.91 Å². The molecule has 0 saturated carbocycles. The van der Waals surface area contributed by atoms with Crippen molar-refractivity contribution in [3.8, 4) is 22.8 Å². The molecule has 3 aromatic rings. The topological polar surface area (TPSA) is 109 Å². The molecule has 0 aliphatic carbocycles. The van der Waals surface area contributed by atoms with Crippen LogP contribution in [0.15, 0.2) is 49.3 Å². The van der Waals surface area contributed by atoms with Gasteiger partial charge in [-0.15, -0.1) is 0 Å². The Labute approximate surface area is 213 Å². The summed E-state index contributed by atoms with van der Waals surface area (Å²) in [6.07, 6.45) is 5.97. The number of pyridine rings is 1. The Morgan fingerprint density at radius 2 is 2.22 bits per heavy atom. The molecule has 2 aromatic heterocycles. The lowest BCUT2D eigenvalue weighted by Crippen LogP contribution is -2.59. The molecule has 10 heteroatoms. The average Bonchev–Trinajstić information content (AvgIpc) is 3.25. The molecule has 5 rings (SSSR count). The van der Waals surface area contributed by atoms with Gasteiger partial charge in [0, 0.05) is 36.5 Å². The number of carbonyl (C=O) groups is 2. The van der Waals surface area contributed by atoms with Crippen molar-refractivity contribution in [1.29, 1.82) is 0 Å². The molecule has 4 heterocycles. The minimum atomic E-state index is -0.524. The summed E-state index contributed by atoms with van der Waals surface area (Å²) in [5.41, 5.74) is 3.34. The second-order valence-electron chi connectivity index (χ2n) is 9.05. The van der Waals surface area contributed by atoms with E-state index in [9.17, 15) is 14.0 Å². The van der Waals surface area contributed by atoms with Gasteiger partial charge in [0.25, 0.3) is 5.91 Å². The van der Waals surface area contributed by atoms with Crippen LogP contribution in [0.3, 0.4) is 0 Å². The molecule has 192 valence electrons. The molecule has 9 nitrogen and oxygen atoms in total. The summed E-state index contributed by atoms with van der Waals surface area (Å²) in [5.74, 6) is -0.361. The Kier molecular flexibility index (Phi) is 6.56. The molecule has 0 unspecified atom stereocenters. The summed E-state index contributed by atoms with van der Waals surface area (Å²) in [4.78, 5) is 34.5. The van der Waals surface area contributed by atoms with Crippen molar-refractivity contribution in [2.75, 3.05) is 25.6 Å². The smallest absolute Gasteiger partial charge is 0.255 e. The van der Waals surface area contributed by atoms with Crippen molar-refractivity contribution < 1.29 is 23.5 Å². The summed E-state index contributed by atoms with van der Waals surface area (Å²) in [7, 11) is 1.39. The van der Waals surface area contributed by atoms with E-state index in [1.165, 1.54) is 19.3 Å². The van der Waals surface area contributed by atoms with E-state index in [-0.39, 0.29) is 36.3 Å². The van der Waals surface area contributed by atoms with Gasteiger partial charge in [-0.05, 0) is 37.6 Å². The van der Waals surface area contributed by atoms with E-state index < -0.39 is 5.82 Å². The highest BCUT2D eigenvalue weighted by Gasteiger charge is 2.38. The summed E-state index contributed by atoms with van der Waals surface area (Å²) < 4.78 is 25.9. The zero-order chi connectivity index (χ0) is 26.1. The fourth-order valence-electron chi connectivity index (χ4n) is 5.04.